The topological polar surface area (TPSA) is 52.3 Å². The largest absolute Gasteiger partial charge is 0.464 e. The van der Waals surface area contributed by atoms with Crippen LogP contribution in [0.2, 0.25) is 0 Å². The molecule has 0 spiro atoms. The molecule has 0 saturated heterocycles. The first-order chi connectivity index (χ1) is 3.92. The number of carbonyl (C=O) groups is 1. The van der Waals surface area contributed by atoms with Crippen molar-refractivity contribution < 1.29 is 9.53 Å². The fourth-order valence-electron chi connectivity index (χ4n) is 0.288. The van der Waals surface area contributed by atoms with Crippen molar-refractivity contribution in [1.29, 1.82) is 0 Å². The number of rotatable bonds is 2. The van der Waals surface area contributed by atoms with E-state index in [9.17, 15) is 4.79 Å². The van der Waals surface area contributed by atoms with Crippen LogP contribution in [0.5, 0.6) is 0 Å². The van der Waals surface area contributed by atoms with E-state index in [0.29, 0.717) is 0 Å². The van der Waals surface area contributed by atoms with Gasteiger partial charge in [-0.1, -0.05) is 0 Å². The van der Waals surface area contributed by atoms with Crippen LogP contribution in [0.1, 0.15) is 20.8 Å². The van der Waals surface area contributed by atoms with Crippen LogP contribution in [0.25, 0.3) is 0 Å². The van der Waals surface area contributed by atoms with Gasteiger partial charge in [-0.05, 0) is 13.8 Å². The van der Waals surface area contributed by atoms with Gasteiger partial charge in [-0.2, -0.15) is 0 Å². The minimum Gasteiger partial charge on any atom is -0.464 e. The van der Waals surface area contributed by atoms with Gasteiger partial charge in [0.25, 0.3) is 0 Å². The van der Waals surface area contributed by atoms with Gasteiger partial charge < -0.3 is 10.5 Å². The van der Waals surface area contributed by atoms with Crippen molar-refractivity contribution in [2.75, 3.05) is 6.61 Å². The molecular weight excluding hydrogens is 154 g/mol. The summed E-state index contributed by atoms with van der Waals surface area (Å²) >= 11 is 0. The molecule has 0 saturated carbocycles. The summed E-state index contributed by atoms with van der Waals surface area (Å²) in [5.41, 5.74) is 5.10. The summed E-state index contributed by atoms with van der Waals surface area (Å²) in [6.45, 7) is 5.25. The van der Waals surface area contributed by atoms with E-state index in [-0.39, 0.29) is 25.0 Å². The molecule has 0 aromatic rings. The standard InChI is InChI=1S/C6H13NO2.ClH/c1-5(8)9-4-6(2,3)7;/h4,7H2,1-3H3;1H. The third kappa shape index (κ3) is 10.7. The Balaban J connectivity index is 0. The first-order valence-electron chi connectivity index (χ1n) is 2.84. The minimum atomic E-state index is -0.411. The smallest absolute Gasteiger partial charge is 0.302 e. The molecule has 3 nitrogen and oxygen atoms in total. The van der Waals surface area contributed by atoms with Crippen molar-refractivity contribution in [1.82, 2.24) is 0 Å². The maximum atomic E-state index is 10.2. The van der Waals surface area contributed by atoms with Crippen LogP contribution in [0.3, 0.4) is 0 Å². The lowest BCUT2D eigenvalue weighted by atomic mass is 10.1. The Labute approximate surface area is 67.3 Å². The molecule has 0 fully saturated rings. The Morgan fingerprint density at radius 2 is 2.00 bits per heavy atom. The number of nitrogens with two attached hydrogens (primary N) is 1. The summed E-state index contributed by atoms with van der Waals surface area (Å²) in [6, 6.07) is 0. The third-order valence-electron chi connectivity index (χ3n) is 0.647. The highest BCUT2D eigenvalue weighted by Gasteiger charge is 2.11. The molecule has 0 aliphatic heterocycles. The quantitative estimate of drug-likeness (QED) is 0.617. The predicted molar refractivity (Wildman–Crippen MR) is 42.1 cm³/mol. The van der Waals surface area contributed by atoms with Gasteiger partial charge in [0.2, 0.25) is 0 Å². The van der Waals surface area contributed by atoms with Crippen molar-refractivity contribution in [3.8, 4) is 0 Å². The van der Waals surface area contributed by atoms with Gasteiger partial charge in [0.15, 0.2) is 0 Å². The van der Waals surface area contributed by atoms with Crippen molar-refractivity contribution >= 4 is 18.4 Å². The molecule has 4 heteroatoms. The lowest BCUT2D eigenvalue weighted by molar-refractivity contribution is -0.142. The maximum absolute atomic E-state index is 10.2. The Bertz CT molecular complexity index is 109. The molecule has 0 heterocycles. The summed E-state index contributed by atoms with van der Waals surface area (Å²) < 4.78 is 4.64. The second kappa shape index (κ2) is 4.52. The number of hydrogen-bond donors (Lipinski definition) is 1. The second-order valence-electron chi connectivity index (χ2n) is 2.77. The van der Waals surface area contributed by atoms with Crippen molar-refractivity contribution in [3.63, 3.8) is 0 Å². The zero-order valence-corrected chi connectivity index (χ0v) is 7.33. The van der Waals surface area contributed by atoms with Crippen LogP contribution in [-0.4, -0.2) is 18.1 Å². The zero-order valence-electron chi connectivity index (χ0n) is 6.51. The van der Waals surface area contributed by atoms with E-state index in [0.717, 1.165) is 0 Å². The Morgan fingerprint density at radius 3 is 2.10 bits per heavy atom. The van der Waals surface area contributed by atoms with Gasteiger partial charge in [-0.25, -0.2) is 0 Å². The number of halogens is 1. The molecular formula is C6H14ClNO2. The van der Waals surface area contributed by atoms with Crippen molar-refractivity contribution in [2.24, 2.45) is 5.73 Å². The van der Waals surface area contributed by atoms with Crippen molar-refractivity contribution in [2.45, 2.75) is 26.3 Å². The number of ether oxygens (including phenoxy) is 1. The highest BCUT2D eigenvalue weighted by atomic mass is 35.5. The van der Waals surface area contributed by atoms with E-state index in [1.165, 1.54) is 6.92 Å². The second-order valence-corrected chi connectivity index (χ2v) is 2.77. The van der Waals surface area contributed by atoms with Gasteiger partial charge >= 0.3 is 5.97 Å². The van der Waals surface area contributed by atoms with Crippen molar-refractivity contribution in [3.05, 3.63) is 0 Å². The lowest BCUT2D eigenvalue weighted by Crippen LogP contribution is -2.38. The van der Waals surface area contributed by atoms with Crippen LogP contribution < -0.4 is 5.73 Å². The molecule has 0 aromatic carbocycles. The van der Waals surface area contributed by atoms with E-state index in [1.807, 2.05) is 0 Å². The highest BCUT2D eigenvalue weighted by molar-refractivity contribution is 5.85. The number of hydrogen-bond acceptors (Lipinski definition) is 3. The van der Waals surface area contributed by atoms with Gasteiger partial charge in [0.05, 0.1) is 0 Å². The van der Waals surface area contributed by atoms with E-state index in [2.05, 4.69) is 4.74 Å². The highest BCUT2D eigenvalue weighted by Crippen LogP contribution is 1.96. The summed E-state index contributed by atoms with van der Waals surface area (Å²) in [6.07, 6.45) is 0. The molecule has 0 aromatic heterocycles. The Hall–Kier alpha value is -0.280. The minimum absolute atomic E-state index is 0. The van der Waals surface area contributed by atoms with Crippen LogP contribution in [0, 0.1) is 0 Å². The molecule has 62 valence electrons. The molecule has 0 atom stereocenters. The molecule has 0 amide bonds. The van der Waals surface area contributed by atoms with Gasteiger partial charge in [0, 0.05) is 12.5 Å². The third-order valence-corrected chi connectivity index (χ3v) is 0.647. The van der Waals surface area contributed by atoms with Gasteiger partial charge in [-0.15, -0.1) is 12.4 Å². The van der Waals surface area contributed by atoms with Gasteiger partial charge in [0.1, 0.15) is 6.61 Å². The summed E-state index contributed by atoms with van der Waals surface area (Å²) in [5, 5.41) is 0. The molecule has 0 rings (SSSR count). The maximum Gasteiger partial charge on any atom is 0.302 e. The summed E-state index contributed by atoms with van der Waals surface area (Å²) in [4.78, 5) is 10.2. The lowest BCUT2D eigenvalue weighted by Gasteiger charge is -2.16. The molecule has 0 bridgehead atoms. The molecule has 2 N–H and O–H groups in total. The normalized spacial score (nSPS) is 10.0. The molecule has 0 unspecified atom stereocenters. The fraction of sp³-hybridized carbons (Fsp3) is 0.833. The Morgan fingerprint density at radius 1 is 1.60 bits per heavy atom. The summed E-state index contributed by atoms with van der Waals surface area (Å²) in [7, 11) is 0. The monoisotopic (exact) mass is 167 g/mol. The fourth-order valence-corrected chi connectivity index (χ4v) is 0.288. The molecule has 0 radical (unpaired) electrons. The van der Waals surface area contributed by atoms with E-state index < -0.39 is 5.54 Å². The van der Waals surface area contributed by atoms with E-state index in [1.54, 1.807) is 13.8 Å². The van der Waals surface area contributed by atoms with Crippen LogP contribution in [-0.2, 0) is 9.53 Å². The zero-order chi connectivity index (χ0) is 7.49. The summed E-state index contributed by atoms with van der Waals surface area (Å²) in [5.74, 6) is -0.284. The SMILES string of the molecule is CC(=O)OCC(C)(C)N.Cl. The molecule has 10 heavy (non-hydrogen) atoms. The first-order valence-corrected chi connectivity index (χ1v) is 2.84. The van der Waals surface area contributed by atoms with E-state index >= 15 is 0 Å². The Kier molecular flexibility index (Phi) is 5.61. The predicted octanol–water partition coefficient (Wildman–Crippen LogP) is 0.709. The number of esters is 1. The first kappa shape index (κ1) is 12.4. The van der Waals surface area contributed by atoms with Crippen LogP contribution >= 0.6 is 12.4 Å². The number of carbonyl (C=O) groups excluding carboxylic acids is 1. The molecule has 0 aliphatic rings. The molecule has 0 aliphatic carbocycles. The van der Waals surface area contributed by atoms with E-state index in [4.69, 9.17) is 5.73 Å². The van der Waals surface area contributed by atoms with Gasteiger partial charge in [-0.3, -0.25) is 4.79 Å². The van der Waals surface area contributed by atoms with Crippen LogP contribution in [0.4, 0.5) is 0 Å². The van der Waals surface area contributed by atoms with Crippen LogP contribution in [0.15, 0.2) is 0 Å². The average molecular weight is 168 g/mol. The average Bonchev–Trinajstić information content (AvgIpc) is 1.59.